The summed E-state index contributed by atoms with van der Waals surface area (Å²) in [6.45, 7) is 3.89. The lowest BCUT2D eigenvalue weighted by molar-refractivity contribution is 0.238. The largest absolute Gasteiger partial charge is 0.461 e. The van der Waals surface area contributed by atoms with Gasteiger partial charge < -0.3 is 14.4 Å². The van der Waals surface area contributed by atoms with Crippen molar-refractivity contribution in [2.45, 2.75) is 13.3 Å². The molecule has 1 N–H and O–H groups in total. The van der Waals surface area contributed by atoms with E-state index in [1.807, 2.05) is 19.1 Å². The molecule has 5 heteroatoms. The second-order valence-electron chi connectivity index (χ2n) is 4.97. The minimum Gasteiger partial charge on any atom is -0.461 e. The SMILES string of the molecule is Cc1ccc(-c2cnc(N3CCC(CO)C3)nc2)o1. The first-order valence-corrected chi connectivity index (χ1v) is 6.51. The van der Waals surface area contributed by atoms with Gasteiger partial charge in [-0.2, -0.15) is 0 Å². The molecule has 3 heterocycles. The first kappa shape index (κ1) is 12.2. The number of nitrogens with zero attached hydrogens (tertiary/aromatic N) is 3. The van der Waals surface area contributed by atoms with E-state index in [4.69, 9.17) is 9.52 Å². The molecule has 1 saturated heterocycles. The van der Waals surface area contributed by atoms with Crippen molar-refractivity contribution in [2.75, 3.05) is 24.6 Å². The maximum Gasteiger partial charge on any atom is 0.225 e. The quantitative estimate of drug-likeness (QED) is 0.911. The van der Waals surface area contributed by atoms with Crippen molar-refractivity contribution < 1.29 is 9.52 Å². The molecule has 0 aromatic carbocycles. The second-order valence-corrected chi connectivity index (χ2v) is 4.97. The van der Waals surface area contributed by atoms with Crippen LogP contribution in [0, 0.1) is 12.8 Å². The fourth-order valence-corrected chi connectivity index (χ4v) is 2.36. The van der Waals surface area contributed by atoms with E-state index in [-0.39, 0.29) is 6.61 Å². The third kappa shape index (κ3) is 2.46. The highest BCUT2D eigenvalue weighted by atomic mass is 16.3. The van der Waals surface area contributed by atoms with Crippen LogP contribution in [0.15, 0.2) is 28.9 Å². The number of anilines is 1. The molecule has 0 radical (unpaired) electrons. The van der Waals surface area contributed by atoms with E-state index in [2.05, 4.69) is 14.9 Å². The molecular formula is C14H17N3O2. The maximum absolute atomic E-state index is 9.15. The lowest BCUT2D eigenvalue weighted by Crippen LogP contribution is -2.22. The molecule has 0 spiro atoms. The van der Waals surface area contributed by atoms with Gasteiger partial charge in [0.25, 0.3) is 0 Å². The molecule has 0 aliphatic carbocycles. The third-order valence-corrected chi connectivity index (χ3v) is 3.49. The Morgan fingerprint density at radius 2 is 2.16 bits per heavy atom. The average molecular weight is 259 g/mol. The van der Waals surface area contributed by atoms with Gasteiger partial charge in [0, 0.05) is 38.0 Å². The molecule has 1 aliphatic rings. The molecule has 0 amide bonds. The van der Waals surface area contributed by atoms with Crippen molar-refractivity contribution in [3.8, 4) is 11.3 Å². The first-order chi connectivity index (χ1) is 9.26. The zero-order valence-corrected chi connectivity index (χ0v) is 10.9. The van der Waals surface area contributed by atoms with E-state index >= 15 is 0 Å². The van der Waals surface area contributed by atoms with Crippen LogP contribution in [0.5, 0.6) is 0 Å². The highest BCUT2D eigenvalue weighted by Gasteiger charge is 2.23. The Morgan fingerprint density at radius 1 is 1.37 bits per heavy atom. The zero-order chi connectivity index (χ0) is 13.2. The summed E-state index contributed by atoms with van der Waals surface area (Å²) >= 11 is 0. The average Bonchev–Trinajstić information content (AvgIpc) is 3.07. The van der Waals surface area contributed by atoms with Crippen LogP contribution in [0.2, 0.25) is 0 Å². The molecule has 1 atom stereocenters. The van der Waals surface area contributed by atoms with Gasteiger partial charge in [-0.25, -0.2) is 9.97 Å². The predicted octanol–water partition coefficient (Wildman–Crippen LogP) is 1.86. The number of furan rings is 1. The van der Waals surface area contributed by atoms with Gasteiger partial charge in [0.05, 0.1) is 5.56 Å². The lowest BCUT2D eigenvalue weighted by atomic mass is 10.1. The molecule has 100 valence electrons. The van der Waals surface area contributed by atoms with Crippen LogP contribution < -0.4 is 4.90 Å². The summed E-state index contributed by atoms with van der Waals surface area (Å²) < 4.78 is 5.54. The summed E-state index contributed by atoms with van der Waals surface area (Å²) in [5, 5.41) is 9.15. The molecule has 2 aromatic rings. The van der Waals surface area contributed by atoms with Gasteiger partial charge >= 0.3 is 0 Å². The van der Waals surface area contributed by atoms with Gasteiger partial charge in [-0.15, -0.1) is 0 Å². The van der Waals surface area contributed by atoms with E-state index in [1.54, 1.807) is 12.4 Å². The van der Waals surface area contributed by atoms with Gasteiger partial charge in [-0.3, -0.25) is 0 Å². The smallest absolute Gasteiger partial charge is 0.225 e. The summed E-state index contributed by atoms with van der Waals surface area (Å²) in [6, 6.07) is 3.85. The summed E-state index contributed by atoms with van der Waals surface area (Å²) in [4.78, 5) is 10.9. The molecular weight excluding hydrogens is 242 g/mol. The maximum atomic E-state index is 9.15. The molecule has 1 aliphatic heterocycles. The van der Waals surface area contributed by atoms with Crippen LogP contribution >= 0.6 is 0 Å². The van der Waals surface area contributed by atoms with E-state index in [1.165, 1.54) is 0 Å². The van der Waals surface area contributed by atoms with Gasteiger partial charge in [0.1, 0.15) is 11.5 Å². The molecule has 0 bridgehead atoms. The summed E-state index contributed by atoms with van der Waals surface area (Å²) in [5.74, 6) is 2.74. The Bertz CT molecular complexity index is 550. The Balaban J connectivity index is 1.76. The minimum absolute atomic E-state index is 0.236. The molecule has 19 heavy (non-hydrogen) atoms. The van der Waals surface area contributed by atoms with Crippen LogP contribution in [-0.2, 0) is 0 Å². The van der Waals surface area contributed by atoms with Gasteiger partial charge in [0.2, 0.25) is 5.95 Å². The number of aryl methyl sites for hydroxylation is 1. The molecule has 5 nitrogen and oxygen atoms in total. The summed E-state index contributed by atoms with van der Waals surface area (Å²) in [6.07, 6.45) is 4.57. The van der Waals surface area contributed by atoms with E-state index in [0.29, 0.717) is 5.92 Å². The normalized spacial score (nSPS) is 19.1. The van der Waals surface area contributed by atoms with Crippen LogP contribution in [0.3, 0.4) is 0 Å². The lowest BCUT2D eigenvalue weighted by Gasteiger charge is -2.15. The molecule has 2 aromatic heterocycles. The second kappa shape index (κ2) is 5.01. The minimum atomic E-state index is 0.236. The topological polar surface area (TPSA) is 62.4 Å². The van der Waals surface area contributed by atoms with Crippen LogP contribution in [-0.4, -0.2) is 34.8 Å². The highest BCUT2D eigenvalue weighted by Crippen LogP contribution is 2.23. The Morgan fingerprint density at radius 3 is 2.74 bits per heavy atom. The fraction of sp³-hybridized carbons (Fsp3) is 0.429. The Kier molecular flexibility index (Phi) is 3.21. The number of rotatable bonds is 3. The first-order valence-electron chi connectivity index (χ1n) is 6.51. The van der Waals surface area contributed by atoms with E-state index in [0.717, 1.165) is 42.5 Å². The Hall–Kier alpha value is -1.88. The van der Waals surface area contributed by atoms with Crippen LogP contribution in [0.25, 0.3) is 11.3 Å². The van der Waals surface area contributed by atoms with Crippen molar-refractivity contribution in [1.29, 1.82) is 0 Å². The number of aromatic nitrogens is 2. The third-order valence-electron chi connectivity index (χ3n) is 3.49. The van der Waals surface area contributed by atoms with Crippen molar-refractivity contribution in [3.05, 3.63) is 30.3 Å². The van der Waals surface area contributed by atoms with Crippen LogP contribution in [0.1, 0.15) is 12.2 Å². The monoisotopic (exact) mass is 259 g/mol. The zero-order valence-electron chi connectivity index (χ0n) is 10.9. The number of aliphatic hydroxyl groups excluding tert-OH is 1. The van der Waals surface area contributed by atoms with Crippen molar-refractivity contribution in [3.63, 3.8) is 0 Å². The standard InChI is InChI=1S/C14H17N3O2/c1-10-2-3-13(19-10)12-6-15-14(16-7-12)17-5-4-11(8-17)9-18/h2-3,6-7,11,18H,4-5,8-9H2,1H3. The highest BCUT2D eigenvalue weighted by molar-refractivity contribution is 5.56. The Labute approximate surface area is 111 Å². The summed E-state index contributed by atoms with van der Waals surface area (Å²) in [5.41, 5.74) is 0.884. The number of hydrogen-bond acceptors (Lipinski definition) is 5. The number of aliphatic hydroxyl groups is 1. The van der Waals surface area contributed by atoms with Crippen molar-refractivity contribution in [1.82, 2.24) is 9.97 Å². The molecule has 1 unspecified atom stereocenters. The summed E-state index contributed by atoms with van der Waals surface area (Å²) in [7, 11) is 0. The van der Waals surface area contributed by atoms with E-state index < -0.39 is 0 Å². The van der Waals surface area contributed by atoms with Gasteiger partial charge in [-0.1, -0.05) is 0 Å². The van der Waals surface area contributed by atoms with Gasteiger partial charge in [-0.05, 0) is 25.5 Å². The molecule has 0 saturated carbocycles. The molecule has 3 rings (SSSR count). The van der Waals surface area contributed by atoms with Crippen LogP contribution in [0.4, 0.5) is 5.95 Å². The molecule has 1 fully saturated rings. The van der Waals surface area contributed by atoms with Crippen molar-refractivity contribution in [2.24, 2.45) is 5.92 Å². The van der Waals surface area contributed by atoms with Gasteiger partial charge in [0.15, 0.2) is 0 Å². The number of hydrogen-bond donors (Lipinski definition) is 1. The fourth-order valence-electron chi connectivity index (χ4n) is 2.36. The van der Waals surface area contributed by atoms with Crippen molar-refractivity contribution >= 4 is 5.95 Å². The predicted molar refractivity (Wildman–Crippen MR) is 71.9 cm³/mol. The van der Waals surface area contributed by atoms with E-state index in [9.17, 15) is 0 Å².